The Morgan fingerprint density at radius 2 is 1.88 bits per heavy atom. The third-order valence-electron chi connectivity index (χ3n) is 2.53. The molecule has 0 amide bonds. The minimum Gasteiger partial charge on any atom is -0.493 e. The summed E-state index contributed by atoms with van der Waals surface area (Å²) in [6.45, 7) is 2.52. The van der Waals surface area contributed by atoms with Crippen molar-refractivity contribution in [2.75, 3.05) is 6.61 Å². The van der Waals surface area contributed by atoms with Crippen molar-refractivity contribution in [2.45, 2.75) is 6.92 Å². The molecule has 0 saturated carbocycles. The van der Waals surface area contributed by atoms with Crippen molar-refractivity contribution in [1.29, 1.82) is 0 Å². The third kappa shape index (κ3) is 2.53. The van der Waals surface area contributed by atoms with Gasteiger partial charge in [-0.05, 0) is 24.6 Å². The summed E-state index contributed by atoms with van der Waals surface area (Å²) >= 11 is 0. The number of benzene rings is 2. The van der Waals surface area contributed by atoms with Gasteiger partial charge in [0, 0.05) is 11.1 Å². The van der Waals surface area contributed by atoms with Gasteiger partial charge in [-0.2, -0.15) is 0 Å². The molecular formula is C15H14O2. The molecule has 0 atom stereocenters. The lowest BCUT2D eigenvalue weighted by Gasteiger charge is -2.10. The highest BCUT2D eigenvalue weighted by Gasteiger charge is 2.06. The summed E-state index contributed by atoms with van der Waals surface area (Å²) in [7, 11) is 0. The van der Waals surface area contributed by atoms with E-state index in [4.69, 9.17) is 4.74 Å². The molecule has 0 aromatic heterocycles. The van der Waals surface area contributed by atoms with Crippen molar-refractivity contribution in [3.8, 4) is 16.9 Å². The van der Waals surface area contributed by atoms with Crippen LogP contribution >= 0.6 is 0 Å². The van der Waals surface area contributed by atoms with Crippen molar-refractivity contribution < 1.29 is 9.53 Å². The predicted octanol–water partition coefficient (Wildman–Crippen LogP) is 3.56. The van der Waals surface area contributed by atoms with Crippen molar-refractivity contribution >= 4 is 6.29 Å². The van der Waals surface area contributed by atoms with Crippen LogP contribution in [0.2, 0.25) is 0 Å². The quantitative estimate of drug-likeness (QED) is 0.745. The van der Waals surface area contributed by atoms with Gasteiger partial charge in [-0.1, -0.05) is 36.4 Å². The van der Waals surface area contributed by atoms with E-state index in [1.54, 1.807) is 12.1 Å². The highest BCUT2D eigenvalue weighted by Crippen LogP contribution is 2.30. The van der Waals surface area contributed by atoms with Crippen molar-refractivity contribution in [1.82, 2.24) is 0 Å². The van der Waals surface area contributed by atoms with Crippen LogP contribution in [0, 0.1) is 0 Å². The van der Waals surface area contributed by atoms with Crippen LogP contribution in [0.25, 0.3) is 11.1 Å². The summed E-state index contributed by atoms with van der Waals surface area (Å²) in [5.74, 6) is 0.753. The van der Waals surface area contributed by atoms with E-state index < -0.39 is 0 Å². The van der Waals surface area contributed by atoms with Crippen LogP contribution in [0.15, 0.2) is 48.5 Å². The molecule has 0 unspecified atom stereocenters. The molecule has 0 bridgehead atoms. The monoisotopic (exact) mass is 226 g/mol. The predicted molar refractivity (Wildman–Crippen MR) is 68.4 cm³/mol. The van der Waals surface area contributed by atoms with Crippen LogP contribution in [-0.2, 0) is 0 Å². The number of hydrogen-bond donors (Lipinski definition) is 0. The second-order valence-electron chi connectivity index (χ2n) is 3.67. The molecule has 2 aromatic carbocycles. The van der Waals surface area contributed by atoms with Gasteiger partial charge in [0.05, 0.1) is 6.61 Å². The molecule has 0 fully saturated rings. The fourth-order valence-electron chi connectivity index (χ4n) is 1.74. The maximum atomic E-state index is 10.8. The maximum Gasteiger partial charge on any atom is 0.150 e. The zero-order valence-electron chi connectivity index (χ0n) is 9.72. The van der Waals surface area contributed by atoms with E-state index in [2.05, 4.69) is 0 Å². The van der Waals surface area contributed by atoms with Crippen molar-refractivity contribution in [3.63, 3.8) is 0 Å². The summed E-state index contributed by atoms with van der Waals surface area (Å²) < 4.78 is 5.58. The Kier molecular flexibility index (Phi) is 3.55. The van der Waals surface area contributed by atoms with Gasteiger partial charge in [0.1, 0.15) is 12.0 Å². The van der Waals surface area contributed by atoms with Crippen molar-refractivity contribution in [3.05, 3.63) is 54.1 Å². The van der Waals surface area contributed by atoms with E-state index in [0.29, 0.717) is 12.2 Å². The molecule has 0 aliphatic rings. The third-order valence-corrected chi connectivity index (χ3v) is 2.53. The molecule has 2 heteroatoms. The highest BCUT2D eigenvalue weighted by molar-refractivity contribution is 5.80. The minimum atomic E-state index is 0.585. The van der Waals surface area contributed by atoms with Gasteiger partial charge in [-0.25, -0.2) is 0 Å². The summed E-state index contributed by atoms with van der Waals surface area (Å²) in [5, 5.41) is 0. The molecule has 0 heterocycles. The minimum absolute atomic E-state index is 0.585. The first kappa shape index (κ1) is 11.4. The maximum absolute atomic E-state index is 10.8. The van der Waals surface area contributed by atoms with Gasteiger partial charge in [-0.3, -0.25) is 4.79 Å². The lowest BCUT2D eigenvalue weighted by Crippen LogP contribution is -1.95. The standard InChI is InChI=1S/C15H14O2/c1-2-17-15-10-12(11-16)8-9-14(15)13-6-4-3-5-7-13/h3-11H,2H2,1H3. The van der Waals surface area contributed by atoms with Crippen LogP contribution in [0.3, 0.4) is 0 Å². The summed E-state index contributed by atoms with van der Waals surface area (Å²) in [5.41, 5.74) is 2.74. The van der Waals surface area contributed by atoms with Gasteiger partial charge in [0.2, 0.25) is 0 Å². The largest absolute Gasteiger partial charge is 0.493 e. The Morgan fingerprint density at radius 3 is 2.53 bits per heavy atom. The Balaban J connectivity index is 2.49. The fraction of sp³-hybridized carbons (Fsp3) is 0.133. The average molecular weight is 226 g/mol. The molecule has 0 radical (unpaired) electrons. The smallest absolute Gasteiger partial charge is 0.150 e. The molecule has 0 aliphatic heterocycles. The number of carbonyl (C=O) groups excluding carboxylic acids is 1. The van der Waals surface area contributed by atoms with E-state index in [-0.39, 0.29) is 0 Å². The average Bonchev–Trinajstić information content (AvgIpc) is 2.40. The van der Waals surface area contributed by atoms with Crippen molar-refractivity contribution in [2.24, 2.45) is 0 Å². The molecule has 86 valence electrons. The van der Waals surface area contributed by atoms with Gasteiger partial charge >= 0.3 is 0 Å². The fourth-order valence-corrected chi connectivity index (χ4v) is 1.74. The molecular weight excluding hydrogens is 212 g/mol. The summed E-state index contributed by atoms with van der Waals surface area (Å²) in [6, 6.07) is 15.5. The Hall–Kier alpha value is -2.09. The molecule has 0 saturated heterocycles. The van der Waals surface area contributed by atoms with Crippen LogP contribution in [0.4, 0.5) is 0 Å². The van der Waals surface area contributed by atoms with Crippen LogP contribution in [0.1, 0.15) is 17.3 Å². The number of hydrogen-bond acceptors (Lipinski definition) is 2. The molecule has 2 nitrogen and oxygen atoms in total. The topological polar surface area (TPSA) is 26.3 Å². The van der Waals surface area contributed by atoms with Crippen LogP contribution in [0.5, 0.6) is 5.75 Å². The second kappa shape index (κ2) is 5.30. The SMILES string of the molecule is CCOc1cc(C=O)ccc1-c1ccccc1. The van der Waals surface area contributed by atoms with Gasteiger partial charge < -0.3 is 4.74 Å². The van der Waals surface area contributed by atoms with Gasteiger partial charge in [-0.15, -0.1) is 0 Å². The Morgan fingerprint density at radius 1 is 1.12 bits per heavy atom. The van der Waals surface area contributed by atoms with Crippen LogP contribution in [-0.4, -0.2) is 12.9 Å². The lowest BCUT2D eigenvalue weighted by molar-refractivity contribution is 0.112. The van der Waals surface area contributed by atoms with E-state index in [0.717, 1.165) is 23.2 Å². The number of rotatable bonds is 4. The first-order chi connectivity index (χ1) is 8.35. The normalized spacial score (nSPS) is 9.94. The Labute approximate surface area is 101 Å². The van der Waals surface area contributed by atoms with Crippen LogP contribution < -0.4 is 4.74 Å². The first-order valence-corrected chi connectivity index (χ1v) is 5.62. The summed E-state index contributed by atoms with van der Waals surface area (Å²) in [6.07, 6.45) is 0.831. The number of carbonyl (C=O) groups is 1. The number of aldehydes is 1. The molecule has 0 aliphatic carbocycles. The highest BCUT2D eigenvalue weighted by atomic mass is 16.5. The molecule has 17 heavy (non-hydrogen) atoms. The zero-order chi connectivity index (χ0) is 12.1. The molecule has 2 aromatic rings. The first-order valence-electron chi connectivity index (χ1n) is 5.62. The molecule has 2 rings (SSSR count). The number of ether oxygens (including phenoxy) is 1. The zero-order valence-corrected chi connectivity index (χ0v) is 9.72. The van der Waals surface area contributed by atoms with E-state index in [1.165, 1.54) is 0 Å². The van der Waals surface area contributed by atoms with Gasteiger partial charge in [0.25, 0.3) is 0 Å². The Bertz CT molecular complexity index is 504. The summed E-state index contributed by atoms with van der Waals surface area (Å²) in [4.78, 5) is 10.8. The molecule has 0 N–H and O–H groups in total. The van der Waals surface area contributed by atoms with Gasteiger partial charge in [0.15, 0.2) is 0 Å². The van der Waals surface area contributed by atoms with E-state index in [9.17, 15) is 4.79 Å². The molecule has 0 spiro atoms. The lowest BCUT2D eigenvalue weighted by atomic mass is 10.0. The van der Waals surface area contributed by atoms with E-state index >= 15 is 0 Å². The second-order valence-corrected chi connectivity index (χ2v) is 3.67. The van der Waals surface area contributed by atoms with E-state index in [1.807, 2.05) is 43.3 Å².